The van der Waals surface area contributed by atoms with E-state index in [1.54, 1.807) is 20.8 Å². The molecule has 0 heterocycles. The first kappa shape index (κ1) is 14.6. The van der Waals surface area contributed by atoms with Crippen LogP contribution in [0.25, 0.3) is 0 Å². The quantitative estimate of drug-likeness (QED) is 0.808. The fourth-order valence-corrected chi connectivity index (χ4v) is 0.860. The molecule has 94 valence electrons. The lowest BCUT2D eigenvalue weighted by Crippen LogP contribution is -2.42. The van der Waals surface area contributed by atoms with Crippen molar-refractivity contribution < 1.29 is 28.2 Å². The van der Waals surface area contributed by atoms with Crippen LogP contribution in [0, 0.1) is 0 Å². The van der Waals surface area contributed by atoms with Crippen molar-refractivity contribution >= 4 is 12.1 Å². The number of carboxylic acid groups (broad SMARTS) is 1. The molecule has 1 amide bonds. The molecule has 1 N–H and O–H groups in total. The number of carboxylic acids is 1. The molecule has 0 aliphatic carbocycles. The van der Waals surface area contributed by atoms with Crippen molar-refractivity contribution in [2.24, 2.45) is 0 Å². The Morgan fingerprint density at radius 2 is 1.88 bits per heavy atom. The lowest BCUT2D eigenvalue weighted by atomic mass is 10.2. The van der Waals surface area contributed by atoms with E-state index in [1.807, 2.05) is 0 Å². The molecular weight excluding hydrogens is 224 g/mol. The summed E-state index contributed by atoms with van der Waals surface area (Å²) in [6.07, 6.45) is -3.86. The normalized spacial score (nSPS) is 11.4. The van der Waals surface area contributed by atoms with Crippen molar-refractivity contribution in [2.75, 3.05) is 13.1 Å². The number of amides is 1. The highest BCUT2D eigenvalue weighted by Crippen LogP contribution is 2.10. The molecule has 0 spiro atoms. The predicted octanol–water partition coefficient (Wildman–Crippen LogP) is 1.57. The second-order valence-corrected chi connectivity index (χ2v) is 4.15. The number of carbonyl (C=O) groups excluding carboxylic acids is 1. The number of halogens is 2. The van der Waals surface area contributed by atoms with Gasteiger partial charge in [-0.1, -0.05) is 0 Å². The minimum atomic E-state index is -2.80. The third-order valence-corrected chi connectivity index (χ3v) is 1.34. The van der Waals surface area contributed by atoms with Crippen LogP contribution in [0.15, 0.2) is 0 Å². The number of alkyl halides is 2. The Balaban J connectivity index is 4.49. The molecule has 0 aromatic heterocycles. The Labute approximate surface area is 92.0 Å². The molecule has 0 aromatic carbocycles. The van der Waals surface area contributed by atoms with E-state index in [1.165, 1.54) is 0 Å². The van der Waals surface area contributed by atoms with E-state index in [-0.39, 0.29) is 0 Å². The van der Waals surface area contributed by atoms with Crippen molar-refractivity contribution in [2.45, 2.75) is 32.8 Å². The van der Waals surface area contributed by atoms with Crippen molar-refractivity contribution in [3.63, 3.8) is 0 Å². The Morgan fingerprint density at radius 1 is 1.38 bits per heavy atom. The van der Waals surface area contributed by atoms with E-state index in [0.717, 1.165) is 0 Å². The minimum Gasteiger partial charge on any atom is -0.480 e. The lowest BCUT2D eigenvalue weighted by Gasteiger charge is -2.26. The summed E-state index contributed by atoms with van der Waals surface area (Å²) in [5.41, 5.74) is -0.851. The standard InChI is InChI=1S/C9H15F2NO4/c1-9(2,3)16-8(15)12(4-6(10)11)5-7(13)14/h6H,4-5H2,1-3H3,(H,13,14). The number of rotatable bonds is 4. The summed E-state index contributed by atoms with van der Waals surface area (Å²) >= 11 is 0. The molecule has 0 aliphatic rings. The Hall–Kier alpha value is -1.40. The van der Waals surface area contributed by atoms with Crippen LogP contribution in [-0.2, 0) is 9.53 Å². The summed E-state index contributed by atoms with van der Waals surface area (Å²) < 4.78 is 29.0. The summed E-state index contributed by atoms with van der Waals surface area (Å²) in [5, 5.41) is 8.45. The molecule has 0 aliphatic heterocycles. The fraction of sp³-hybridized carbons (Fsp3) is 0.778. The fourth-order valence-electron chi connectivity index (χ4n) is 0.860. The van der Waals surface area contributed by atoms with Gasteiger partial charge in [0.15, 0.2) is 0 Å². The summed E-state index contributed by atoms with van der Waals surface area (Å²) in [7, 11) is 0. The average molecular weight is 239 g/mol. The van der Waals surface area contributed by atoms with Crippen molar-refractivity contribution in [1.82, 2.24) is 4.90 Å². The van der Waals surface area contributed by atoms with Crippen molar-refractivity contribution in [1.29, 1.82) is 0 Å². The number of hydrogen-bond acceptors (Lipinski definition) is 3. The second kappa shape index (κ2) is 5.62. The Bertz CT molecular complexity index is 263. The van der Waals surface area contributed by atoms with Gasteiger partial charge in [-0.05, 0) is 20.8 Å². The third kappa shape index (κ3) is 6.97. The maximum absolute atomic E-state index is 12.1. The summed E-state index contributed by atoms with van der Waals surface area (Å²) in [5.74, 6) is -1.37. The first-order chi connectivity index (χ1) is 7.11. The maximum Gasteiger partial charge on any atom is 0.411 e. The van der Waals surface area contributed by atoms with Crippen LogP contribution in [-0.4, -0.2) is 47.2 Å². The molecule has 0 saturated heterocycles. The maximum atomic E-state index is 12.1. The average Bonchev–Trinajstić information content (AvgIpc) is 1.97. The molecule has 0 fully saturated rings. The minimum absolute atomic E-state index is 0.457. The van der Waals surface area contributed by atoms with Gasteiger partial charge in [-0.25, -0.2) is 13.6 Å². The molecule has 16 heavy (non-hydrogen) atoms. The third-order valence-electron chi connectivity index (χ3n) is 1.34. The first-order valence-corrected chi connectivity index (χ1v) is 4.59. The van der Waals surface area contributed by atoms with Crippen LogP contribution in [0.4, 0.5) is 13.6 Å². The molecule has 0 aromatic rings. The molecule has 0 radical (unpaired) electrons. The molecule has 0 saturated carbocycles. The number of nitrogens with zero attached hydrogens (tertiary/aromatic N) is 1. The van der Waals surface area contributed by atoms with Gasteiger partial charge in [0.1, 0.15) is 12.1 Å². The number of carbonyl (C=O) groups is 2. The van der Waals surface area contributed by atoms with Crippen LogP contribution in [0.1, 0.15) is 20.8 Å². The van der Waals surface area contributed by atoms with Gasteiger partial charge in [-0.15, -0.1) is 0 Å². The highest BCUT2D eigenvalue weighted by Gasteiger charge is 2.25. The van der Waals surface area contributed by atoms with Gasteiger partial charge < -0.3 is 9.84 Å². The van der Waals surface area contributed by atoms with Crippen molar-refractivity contribution in [3.8, 4) is 0 Å². The number of hydrogen-bond donors (Lipinski definition) is 1. The highest BCUT2D eigenvalue weighted by molar-refractivity contribution is 5.76. The Morgan fingerprint density at radius 3 is 2.19 bits per heavy atom. The van der Waals surface area contributed by atoms with Crippen LogP contribution in [0.3, 0.4) is 0 Å². The van der Waals surface area contributed by atoms with E-state index in [9.17, 15) is 18.4 Å². The molecule has 7 heteroatoms. The summed E-state index contributed by atoms with van der Waals surface area (Å²) in [6, 6.07) is 0. The predicted molar refractivity (Wildman–Crippen MR) is 51.4 cm³/mol. The van der Waals surface area contributed by atoms with Gasteiger partial charge >= 0.3 is 12.1 Å². The number of aliphatic carboxylic acids is 1. The smallest absolute Gasteiger partial charge is 0.411 e. The molecular formula is C9H15F2NO4. The Kier molecular flexibility index (Phi) is 5.13. The van der Waals surface area contributed by atoms with Gasteiger partial charge in [0.05, 0.1) is 6.54 Å². The van der Waals surface area contributed by atoms with Crippen LogP contribution in [0.2, 0.25) is 0 Å². The molecule has 0 unspecified atom stereocenters. The molecule has 0 bridgehead atoms. The zero-order chi connectivity index (χ0) is 12.9. The van der Waals surface area contributed by atoms with E-state index in [2.05, 4.69) is 0 Å². The zero-order valence-electron chi connectivity index (χ0n) is 9.37. The summed E-state index contributed by atoms with van der Waals surface area (Å²) in [4.78, 5) is 22.2. The zero-order valence-corrected chi connectivity index (χ0v) is 9.37. The topological polar surface area (TPSA) is 66.8 Å². The van der Waals surface area contributed by atoms with Crippen molar-refractivity contribution in [3.05, 3.63) is 0 Å². The van der Waals surface area contributed by atoms with E-state index in [0.29, 0.717) is 4.90 Å². The van der Waals surface area contributed by atoms with Crippen LogP contribution >= 0.6 is 0 Å². The monoisotopic (exact) mass is 239 g/mol. The first-order valence-electron chi connectivity index (χ1n) is 4.59. The van der Waals surface area contributed by atoms with Gasteiger partial charge in [0.2, 0.25) is 0 Å². The molecule has 0 rings (SSSR count). The van der Waals surface area contributed by atoms with Gasteiger partial charge in [-0.2, -0.15) is 0 Å². The van der Waals surface area contributed by atoms with Crippen LogP contribution in [0.5, 0.6) is 0 Å². The second-order valence-electron chi connectivity index (χ2n) is 4.15. The van der Waals surface area contributed by atoms with Gasteiger partial charge in [0, 0.05) is 0 Å². The van der Waals surface area contributed by atoms with E-state index in [4.69, 9.17) is 9.84 Å². The van der Waals surface area contributed by atoms with E-state index < -0.39 is 37.2 Å². The summed E-state index contributed by atoms with van der Waals surface area (Å²) in [6.45, 7) is 2.92. The molecule has 0 atom stereocenters. The van der Waals surface area contributed by atoms with Gasteiger partial charge in [0.25, 0.3) is 6.43 Å². The SMILES string of the molecule is CC(C)(C)OC(=O)N(CC(=O)O)CC(F)F. The van der Waals surface area contributed by atoms with E-state index >= 15 is 0 Å². The largest absolute Gasteiger partial charge is 0.480 e. The number of ether oxygens (including phenoxy) is 1. The van der Waals surface area contributed by atoms with Gasteiger partial charge in [-0.3, -0.25) is 9.69 Å². The molecule has 5 nitrogen and oxygen atoms in total. The lowest BCUT2D eigenvalue weighted by molar-refractivity contribution is -0.138. The van der Waals surface area contributed by atoms with Crippen LogP contribution < -0.4 is 0 Å². The highest BCUT2D eigenvalue weighted by atomic mass is 19.3.